The summed E-state index contributed by atoms with van der Waals surface area (Å²) < 4.78 is 13.3. The van der Waals surface area contributed by atoms with Crippen molar-refractivity contribution < 1.29 is 4.39 Å². The number of nitrogens with zero attached hydrogens (tertiary/aromatic N) is 2. The zero-order valence-electron chi connectivity index (χ0n) is 16.9. The van der Waals surface area contributed by atoms with Crippen molar-refractivity contribution in [3.05, 3.63) is 102 Å². The van der Waals surface area contributed by atoms with E-state index < -0.39 is 0 Å². The van der Waals surface area contributed by atoms with Gasteiger partial charge in [0.2, 0.25) is 0 Å². The van der Waals surface area contributed by atoms with Gasteiger partial charge in [0.25, 0.3) is 0 Å². The van der Waals surface area contributed by atoms with Gasteiger partial charge in [0, 0.05) is 31.9 Å². The number of nitrogens with one attached hydrogen (secondary N) is 1. The lowest BCUT2D eigenvalue weighted by atomic mass is 9.99. The molecule has 0 aromatic heterocycles. The number of piperazine rings is 1. The summed E-state index contributed by atoms with van der Waals surface area (Å²) >= 11 is 5.78. The molecule has 3 aromatic rings. The second kappa shape index (κ2) is 9.72. The standard InChI is InChI=1S/C25H26FN3S/c26-22-13-11-20(12-14-22)19-24(21-7-3-1-4-8-21)27-25(30)29-17-15-28(16-18-29)23-9-5-2-6-10-23/h1-14,24H,15-19H2,(H,27,30). The zero-order valence-corrected chi connectivity index (χ0v) is 17.7. The van der Waals surface area contributed by atoms with Crippen molar-refractivity contribution in [2.75, 3.05) is 31.1 Å². The minimum absolute atomic E-state index is 0.0383. The van der Waals surface area contributed by atoms with Crippen LogP contribution >= 0.6 is 12.2 Å². The monoisotopic (exact) mass is 419 g/mol. The molecule has 3 nitrogen and oxygen atoms in total. The molecule has 0 radical (unpaired) electrons. The molecule has 3 aromatic carbocycles. The van der Waals surface area contributed by atoms with Crippen molar-refractivity contribution >= 4 is 23.0 Å². The maximum Gasteiger partial charge on any atom is 0.169 e. The Balaban J connectivity index is 1.41. The van der Waals surface area contributed by atoms with Gasteiger partial charge in [-0.25, -0.2) is 4.39 Å². The normalized spacial score (nSPS) is 15.0. The third-order valence-electron chi connectivity index (χ3n) is 5.54. The molecule has 0 spiro atoms. The van der Waals surface area contributed by atoms with Gasteiger partial charge in [-0.15, -0.1) is 0 Å². The molecule has 0 amide bonds. The van der Waals surface area contributed by atoms with E-state index in [1.165, 1.54) is 23.4 Å². The number of para-hydroxylation sites is 1. The molecule has 4 rings (SSSR count). The average Bonchev–Trinajstić information content (AvgIpc) is 2.81. The Morgan fingerprint density at radius 3 is 2.07 bits per heavy atom. The Hall–Kier alpha value is -2.92. The minimum Gasteiger partial charge on any atom is -0.368 e. The van der Waals surface area contributed by atoms with E-state index in [-0.39, 0.29) is 11.9 Å². The summed E-state index contributed by atoms with van der Waals surface area (Å²) in [6.07, 6.45) is 0.744. The van der Waals surface area contributed by atoms with Gasteiger partial charge in [-0.3, -0.25) is 0 Å². The van der Waals surface area contributed by atoms with Crippen LogP contribution in [-0.2, 0) is 6.42 Å². The summed E-state index contributed by atoms with van der Waals surface area (Å²) in [7, 11) is 0. The van der Waals surface area contributed by atoms with Crippen molar-refractivity contribution in [2.24, 2.45) is 0 Å². The number of hydrogen-bond donors (Lipinski definition) is 1. The number of rotatable bonds is 5. The fourth-order valence-corrected chi connectivity index (χ4v) is 4.17. The summed E-state index contributed by atoms with van der Waals surface area (Å²) in [4.78, 5) is 4.64. The van der Waals surface area contributed by atoms with Crippen LogP contribution in [0.1, 0.15) is 17.2 Å². The van der Waals surface area contributed by atoms with Gasteiger partial charge in [0.15, 0.2) is 5.11 Å². The molecule has 0 aliphatic carbocycles. The van der Waals surface area contributed by atoms with E-state index in [0.29, 0.717) is 0 Å². The van der Waals surface area contributed by atoms with E-state index in [9.17, 15) is 4.39 Å². The van der Waals surface area contributed by atoms with Crippen molar-refractivity contribution in [3.8, 4) is 0 Å². The molecular weight excluding hydrogens is 393 g/mol. The fraction of sp³-hybridized carbons (Fsp3) is 0.240. The third kappa shape index (κ3) is 5.16. The van der Waals surface area contributed by atoms with Gasteiger partial charge in [-0.05, 0) is 54.0 Å². The van der Waals surface area contributed by atoms with E-state index in [1.807, 2.05) is 36.4 Å². The van der Waals surface area contributed by atoms with Crippen molar-refractivity contribution in [3.63, 3.8) is 0 Å². The summed E-state index contributed by atoms with van der Waals surface area (Å²) in [6, 6.07) is 27.6. The second-order valence-corrected chi connectivity index (χ2v) is 7.94. The summed E-state index contributed by atoms with van der Waals surface area (Å²) in [6.45, 7) is 3.66. The van der Waals surface area contributed by atoms with Crippen LogP contribution < -0.4 is 10.2 Å². The van der Waals surface area contributed by atoms with E-state index in [2.05, 4.69) is 51.5 Å². The molecule has 0 saturated carbocycles. The molecule has 0 bridgehead atoms. The van der Waals surface area contributed by atoms with Gasteiger partial charge >= 0.3 is 0 Å². The van der Waals surface area contributed by atoms with E-state index >= 15 is 0 Å². The first kappa shape index (κ1) is 20.4. The number of halogens is 1. The smallest absolute Gasteiger partial charge is 0.169 e. The minimum atomic E-state index is -0.213. The molecule has 154 valence electrons. The Labute approximate surface area is 183 Å². The van der Waals surface area contributed by atoms with Crippen molar-refractivity contribution in [1.29, 1.82) is 0 Å². The third-order valence-corrected chi connectivity index (χ3v) is 5.92. The van der Waals surface area contributed by atoms with Crippen LogP contribution in [0.15, 0.2) is 84.9 Å². The molecule has 1 saturated heterocycles. The first-order chi connectivity index (χ1) is 14.7. The quantitative estimate of drug-likeness (QED) is 0.598. The SMILES string of the molecule is Fc1ccc(CC(NC(=S)N2CCN(c3ccccc3)CC2)c2ccccc2)cc1. The van der Waals surface area contributed by atoms with Crippen LogP contribution in [0.3, 0.4) is 0 Å². The molecule has 1 heterocycles. The summed E-state index contributed by atoms with van der Waals surface area (Å²) in [5, 5.41) is 4.34. The predicted molar refractivity (Wildman–Crippen MR) is 125 cm³/mol. The number of benzene rings is 3. The fourth-order valence-electron chi connectivity index (χ4n) is 3.84. The van der Waals surface area contributed by atoms with E-state index in [0.717, 1.165) is 43.3 Å². The van der Waals surface area contributed by atoms with Crippen LogP contribution in [0.4, 0.5) is 10.1 Å². The lowest BCUT2D eigenvalue weighted by molar-refractivity contribution is 0.374. The van der Waals surface area contributed by atoms with Crippen LogP contribution in [-0.4, -0.2) is 36.2 Å². The van der Waals surface area contributed by atoms with Gasteiger partial charge in [0.1, 0.15) is 5.82 Å². The molecule has 1 aliphatic heterocycles. The predicted octanol–water partition coefficient (Wildman–Crippen LogP) is 4.81. The molecule has 1 atom stereocenters. The van der Waals surface area contributed by atoms with Gasteiger partial charge < -0.3 is 15.1 Å². The maximum absolute atomic E-state index is 13.3. The Morgan fingerprint density at radius 2 is 1.43 bits per heavy atom. The Kier molecular flexibility index (Phi) is 6.60. The van der Waals surface area contributed by atoms with Gasteiger partial charge in [-0.1, -0.05) is 60.7 Å². The van der Waals surface area contributed by atoms with Crippen LogP contribution in [0.2, 0.25) is 0 Å². The van der Waals surface area contributed by atoms with Crippen molar-refractivity contribution in [2.45, 2.75) is 12.5 Å². The molecule has 30 heavy (non-hydrogen) atoms. The molecule has 1 N–H and O–H groups in total. The zero-order chi connectivity index (χ0) is 20.8. The first-order valence-corrected chi connectivity index (χ1v) is 10.7. The highest BCUT2D eigenvalue weighted by Crippen LogP contribution is 2.20. The Morgan fingerprint density at radius 1 is 0.833 bits per heavy atom. The van der Waals surface area contributed by atoms with Crippen molar-refractivity contribution in [1.82, 2.24) is 10.2 Å². The van der Waals surface area contributed by atoms with Crippen LogP contribution in [0, 0.1) is 5.82 Å². The molecule has 1 fully saturated rings. The number of thiocarbonyl (C=S) groups is 1. The lowest BCUT2D eigenvalue weighted by Gasteiger charge is -2.38. The van der Waals surface area contributed by atoms with Crippen LogP contribution in [0.25, 0.3) is 0 Å². The highest BCUT2D eigenvalue weighted by atomic mass is 32.1. The molecular formula is C25H26FN3S. The highest BCUT2D eigenvalue weighted by Gasteiger charge is 2.21. The lowest BCUT2D eigenvalue weighted by Crippen LogP contribution is -2.52. The van der Waals surface area contributed by atoms with Crippen LogP contribution in [0.5, 0.6) is 0 Å². The maximum atomic E-state index is 13.3. The molecule has 5 heteroatoms. The molecule has 1 aliphatic rings. The van der Waals surface area contributed by atoms with Gasteiger partial charge in [-0.2, -0.15) is 0 Å². The highest BCUT2D eigenvalue weighted by molar-refractivity contribution is 7.80. The number of hydrogen-bond acceptors (Lipinski definition) is 2. The summed E-state index contributed by atoms with van der Waals surface area (Å²) in [5.74, 6) is -0.213. The second-order valence-electron chi connectivity index (χ2n) is 7.55. The largest absolute Gasteiger partial charge is 0.368 e. The van der Waals surface area contributed by atoms with E-state index in [4.69, 9.17) is 12.2 Å². The van der Waals surface area contributed by atoms with E-state index in [1.54, 1.807) is 0 Å². The Bertz CT molecular complexity index is 939. The molecule has 1 unspecified atom stereocenters. The average molecular weight is 420 g/mol. The summed E-state index contributed by atoms with van der Waals surface area (Å²) in [5.41, 5.74) is 3.51. The topological polar surface area (TPSA) is 18.5 Å². The number of anilines is 1. The van der Waals surface area contributed by atoms with Gasteiger partial charge in [0.05, 0.1) is 6.04 Å². The first-order valence-electron chi connectivity index (χ1n) is 10.3.